The van der Waals surface area contributed by atoms with Crippen molar-refractivity contribution < 1.29 is 38.2 Å². The Balaban J connectivity index is 1.37. The van der Waals surface area contributed by atoms with Crippen LogP contribution in [0.15, 0.2) is 70.2 Å². The summed E-state index contributed by atoms with van der Waals surface area (Å²) in [6, 6.07) is 17.2. The molecule has 0 saturated heterocycles. The van der Waals surface area contributed by atoms with Gasteiger partial charge >= 0.3 is 17.6 Å². The first-order valence-electron chi connectivity index (χ1n) is 12.6. The minimum atomic E-state index is -1.36. The first kappa shape index (κ1) is 29.4. The lowest BCUT2D eigenvalue weighted by molar-refractivity contribution is -0.386. The molecule has 0 aliphatic heterocycles. The lowest BCUT2D eigenvalue weighted by Crippen LogP contribution is -2.23. The molecule has 1 atom stereocenters. The van der Waals surface area contributed by atoms with Crippen LogP contribution in [0.2, 0.25) is 0 Å². The Morgan fingerprint density at radius 1 is 1.12 bits per heavy atom. The number of benzene rings is 2. The van der Waals surface area contributed by atoms with Crippen LogP contribution in [0.3, 0.4) is 0 Å². The summed E-state index contributed by atoms with van der Waals surface area (Å²) in [5.74, 6) is -1.36. The third-order valence-corrected chi connectivity index (χ3v) is 6.13. The Labute approximate surface area is 240 Å². The molecule has 2 N–H and O–H groups in total. The average molecular weight is 577 g/mol. The normalized spacial score (nSPS) is 11.7. The topological polar surface area (TPSA) is 168 Å². The number of furan rings is 1. The van der Waals surface area contributed by atoms with E-state index in [0.717, 1.165) is 29.4 Å². The Hall–Kier alpha value is -5.59. The molecule has 0 aliphatic carbocycles. The van der Waals surface area contributed by atoms with Gasteiger partial charge in [-0.2, -0.15) is 5.10 Å². The number of carbonyl (C=O) groups excluding carboxylic acids is 1. The largest absolute Gasteiger partial charge is 0.493 e. The molecule has 0 fully saturated rings. The summed E-state index contributed by atoms with van der Waals surface area (Å²) in [5, 5.41) is 24.5. The highest BCUT2D eigenvalue weighted by molar-refractivity contribution is 5.92. The number of nitro benzene ring substituents is 1. The van der Waals surface area contributed by atoms with Crippen molar-refractivity contribution in [1.82, 2.24) is 9.99 Å². The van der Waals surface area contributed by atoms with Crippen molar-refractivity contribution in [2.45, 2.75) is 33.5 Å². The molecule has 0 spiro atoms. The molecular weight excluding hydrogens is 548 g/mol. The number of carbonyl (C=O) groups is 2. The molecule has 0 radical (unpaired) electrons. The maximum absolute atomic E-state index is 12.5. The lowest BCUT2D eigenvalue weighted by atomic mass is 10.2. The molecule has 2 aromatic heterocycles. The van der Waals surface area contributed by atoms with Gasteiger partial charge in [-0.25, -0.2) is 10.2 Å². The van der Waals surface area contributed by atoms with Crippen molar-refractivity contribution in [3.63, 3.8) is 0 Å². The van der Waals surface area contributed by atoms with E-state index >= 15 is 0 Å². The predicted molar refractivity (Wildman–Crippen MR) is 151 cm³/mol. The van der Waals surface area contributed by atoms with Crippen LogP contribution in [0.4, 0.5) is 5.69 Å². The molecule has 218 valence electrons. The van der Waals surface area contributed by atoms with E-state index in [1.165, 1.54) is 26.2 Å². The smallest absolute Gasteiger partial charge is 0.344 e. The zero-order valence-electron chi connectivity index (χ0n) is 23.2. The van der Waals surface area contributed by atoms with Gasteiger partial charge in [0.05, 0.1) is 18.2 Å². The van der Waals surface area contributed by atoms with Crippen LogP contribution in [-0.2, 0) is 11.4 Å². The minimum Gasteiger partial charge on any atom is -0.493 e. The summed E-state index contributed by atoms with van der Waals surface area (Å²) in [5.41, 5.74) is 5.22. The molecule has 4 aromatic rings. The van der Waals surface area contributed by atoms with Gasteiger partial charge in [-0.1, -0.05) is 0 Å². The number of carboxylic acids is 1. The molecule has 4 rings (SSSR count). The van der Waals surface area contributed by atoms with E-state index in [-0.39, 0.29) is 29.4 Å². The van der Waals surface area contributed by atoms with E-state index < -0.39 is 28.6 Å². The van der Waals surface area contributed by atoms with Gasteiger partial charge in [0.2, 0.25) is 5.75 Å². The maximum atomic E-state index is 12.5. The summed E-state index contributed by atoms with van der Waals surface area (Å²) >= 11 is 0. The van der Waals surface area contributed by atoms with E-state index in [0.29, 0.717) is 11.5 Å². The van der Waals surface area contributed by atoms with Gasteiger partial charge in [-0.05, 0) is 75.4 Å². The number of carboxylic acid groups (broad SMARTS) is 1. The maximum Gasteiger partial charge on any atom is 0.344 e. The number of aryl methyl sites for hydroxylation is 2. The first-order chi connectivity index (χ1) is 20.1. The van der Waals surface area contributed by atoms with E-state index in [4.69, 9.17) is 23.7 Å². The van der Waals surface area contributed by atoms with Gasteiger partial charge in [-0.3, -0.25) is 14.9 Å². The predicted octanol–water partition coefficient (Wildman–Crippen LogP) is 4.80. The number of aromatic nitrogens is 1. The van der Waals surface area contributed by atoms with Crippen LogP contribution >= 0.6 is 0 Å². The second-order valence-corrected chi connectivity index (χ2v) is 9.13. The molecular formula is C29H28N4O9. The van der Waals surface area contributed by atoms with Gasteiger partial charge in [0.1, 0.15) is 18.1 Å². The number of rotatable bonds is 12. The highest BCUT2D eigenvalue weighted by Gasteiger charge is 2.26. The average Bonchev–Trinajstić information content (AvgIpc) is 3.58. The molecule has 1 amide bonds. The number of hydrogen-bond acceptors (Lipinski definition) is 9. The molecule has 13 heteroatoms. The fraction of sp³-hybridized carbons (Fsp3) is 0.207. The lowest BCUT2D eigenvalue weighted by Gasteiger charge is -2.14. The van der Waals surface area contributed by atoms with Crippen molar-refractivity contribution in [3.8, 4) is 22.9 Å². The standard InChI is InChI=1S/C29H28N4O9/c1-17-5-6-18(2)32(17)21-7-9-22(10-8-21)40-16-23-11-12-25(42-23)28(34)31-30-15-20-13-24(33(37)38)27(26(14-20)39-4)41-19(3)29(35)36/h5-15,19H,16H2,1-4H3,(H,31,34)(H,35,36)/b30-15+/t19-/m1/s1. The molecule has 0 aliphatic rings. The van der Waals surface area contributed by atoms with Gasteiger partial charge in [0.25, 0.3) is 0 Å². The van der Waals surface area contributed by atoms with E-state index in [1.54, 1.807) is 6.07 Å². The van der Waals surface area contributed by atoms with Crippen LogP contribution < -0.4 is 19.6 Å². The second-order valence-electron chi connectivity index (χ2n) is 9.13. The van der Waals surface area contributed by atoms with Gasteiger partial charge < -0.3 is 28.3 Å². The Kier molecular flexibility index (Phi) is 8.90. The van der Waals surface area contributed by atoms with Crippen molar-refractivity contribution in [1.29, 1.82) is 0 Å². The third-order valence-electron chi connectivity index (χ3n) is 6.13. The zero-order valence-corrected chi connectivity index (χ0v) is 23.2. The number of aliphatic carboxylic acids is 1. The summed E-state index contributed by atoms with van der Waals surface area (Å²) in [6.07, 6.45) is -0.199. The molecule has 13 nitrogen and oxygen atoms in total. The number of nitrogens with zero attached hydrogens (tertiary/aromatic N) is 3. The quantitative estimate of drug-likeness (QED) is 0.137. The Morgan fingerprint density at radius 2 is 1.81 bits per heavy atom. The van der Waals surface area contributed by atoms with Crippen LogP contribution in [0.25, 0.3) is 5.69 Å². The minimum absolute atomic E-state index is 0.0189. The highest BCUT2D eigenvalue weighted by Crippen LogP contribution is 2.38. The molecule has 0 saturated carbocycles. The summed E-state index contributed by atoms with van der Waals surface area (Å²) < 4.78 is 23.8. The second kappa shape index (κ2) is 12.7. The number of methoxy groups -OCH3 is 1. The van der Waals surface area contributed by atoms with Crippen molar-refractivity contribution in [2.24, 2.45) is 5.10 Å². The van der Waals surface area contributed by atoms with Crippen LogP contribution in [-0.4, -0.2) is 45.9 Å². The van der Waals surface area contributed by atoms with E-state index in [1.807, 2.05) is 38.1 Å². The highest BCUT2D eigenvalue weighted by atomic mass is 16.6. The molecule has 0 unspecified atom stereocenters. The van der Waals surface area contributed by atoms with Gasteiger partial charge in [0.15, 0.2) is 17.6 Å². The van der Waals surface area contributed by atoms with E-state index in [9.17, 15) is 19.7 Å². The number of hydrogen-bond donors (Lipinski definition) is 2. The molecule has 2 heterocycles. The monoisotopic (exact) mass is 576 g/mol. The number of nitro groups is 1. The third kappa shape index (κ3) is 6.75. The van der Waals surface area contributed by atoms with Crippen LogP contribution in [0, 0.1) is 24.0 Å². The summed E-state index contributed by atoms with van der Waals surface area (Å²) in [6.45, 7) is 5.40. The fourth-order valence-electron chi connectivity index (χ4n) is 4.04. The summed E-state index contributed by atoms with van der Waals surface area (Å²) in [7, 11) is 1.25. The number of ether oxygens (including phenoxy) is 3. The van der Waals surface area contributed by atoms with Gasteiger partial charge in [0, 0.05) is 28.7 Å². The first-order valence-corrected chi connectivity index (χ1v) is 12.6. The van der Waals surface area contributed by atoms with Crippen molar-refractivity contribution in [2.75, 3.05) is 7.11 Å². The summed E-state index contributed by atoms with van der Waals surface area (Å²) in [4.78, 5) is 34.5. The molecule has 2 aromatic carbocycles. The van der Waals surface area contributed by atoms with Crippen molar-refractivity contribution in [3.05, 3.63) is 99.2 Å². The molecule has 0 bridgehead atoms. The number of amides is 1. The van der Waals surface area contributed by atoms with Crippen molar-refractivity contribution >= 4 is 23.8 Å². The number of hydrazone groups is 1. The van der Waals surface area contributed by atoms with Gasteiger partial charge in [-0.15, -0.1) is 0 Å². The van der Waals surface area contributed by atoms with Crippen LogP contribution in [0.1, 0.15) is 40.2 Å². The zero-order chi connectivity index (χ0) is 30.4. The fourth-order valence-corrected chi connectivity index (χ4v) is 4.04. The molecule has 42 heavy (non-hydrogen) atoms. The number of nitrogens with one attached hydrogen (secondary N) is 1. The Morgan fingerprint density at radius 3 is 2.43 bits per heavy atom. The SMILES string of the molecule is COc1cc(/C=N/NC(=O)c2ccc(COc3ccc(-n4c(C)ccc4C)cc3)o2)cc([N+](=O)[O-])c1O[C@H](C)C(=O)O. The van der Waals surface area contributed by atoms with E-state index in [2.05, 4.69) is 27.2 Å². The Bertz CT molecular complexity index is 1620. The van der Waals surface area contributed by atoms with Crippen LogP contribution in [0.5, 0.6) is 17.2 Å².